The van der Waals surface area contributed by atoms with Crippen molar-refractivity contribution in [1.29, 1.82) is 0 Å². The van der Waals surface area contributed by atoms with Gasteiger partial charge in [-0.05, 0) is 43.5 Å². The first-order valence-corrected chi connectivity index (χ1v) is 9.68. The van der Waals surface area contributed by atoms with Crippen molar-refractivity contribution in [3.63, 3.8) is 0 Å². The van der Waals surface area contributed by atoms with Gasteiger partial charge in [-0.15, -0.1) is 0 Å². The molecule has 152 valence electrons. The van der Waals surface area contributed by atoms with Gasteiger partial charge in [0.2, 0.25) is 5.88 Å². The van der Waals surface area contributed by atoms with Gasteiger partial charge < -0.3 is 14.6 Å². The Morgan fingerprint density at radius 3 is 2.67 bits per heavy atom. The largest absolute Gasteiger partial charge is 0.467 e. The molecule has 1 N–H and O–H groups in total. The zero-order valence-electron chi connectivity index (χ0n) is 17.0. The zero-order chi connectivity index (χ0) is 21.1. The summed E-state index contributed by atoms with van der Waals surface area (Å²) in [7, 11) is 0. The van der Waals surface area contributed by atoms with Crippen LogP contribution < -0.4 is 10.1 Å². The number of amides is 1. The van der Waals surface area contributed by atoms with E-state index in [9.17, 15) is 4.79 Å². The summed E-state index contributed by atoms with van der Waals surface area (Å²) in [5.41, 5.74) is 5.11. The highest BCUT2D eigenvalue weighted by Crippen LogP contribution is 2.33. The second-order valence-electron chi connectivity index (χ2n) is 7.18. The number of hydrogen-bond acceptors (Lipinski definition) is 6. The van der Waals surface area contributed by atoms with Gasteiger partial charge >= 0.3 is 0 Å². The molecule has 2 aromatic heterocycles. The van der Waals surface area contributed by atoms with Gasteiger partial charge in [0.25, 0.3) is 11.6 Å². The predicted octanol–water partition coefficient (Wildman–Crippen LogP) is 4.16. The number of nitrogens with zero attached hydrogens (tertiary/aromatic N) is 3. The summed E-state index contributed by atoms with van der Waals surface area (Å²) in [6.07, 6.45) is 1.33. The molecule has 4 aromatic rings. The minimum Gasteiger partial charge on any atom is -0.467 e. The first kappa shape index (κ1) is 19.6. The smallest absolute Gasteiger partial charge is 0.265 e. The Morgan fingerprint density at radius 1 is 1.10 bits per heavy atom. The number of fused-ring (bicyclic) bond motifs is 1. The van der Waals surface area contributed by atoms with Crippen LogP contribution in [-0.2, 0) is 4.79 Å². The number of carbonyl (C=O) groups is 1. The van der Waals surface area contributed by atoms with Crippen molar-refractivity contribution >= 4 is 17.0 Å². The van der Waals surface area contributed by atoms with Crippen LogP contribution in [0.5, 0.6) is 5.88 Å². The number of carbonyl (C=O) groups excluding carboxylic acids is 1. The third-order valence-corrected chi connectivity index (χ3v) is 5.04. The first-order valence-electron chi connectivity index (χ1n) is 9.68. The van der Waals surface area contributed by atoms with Crippen molar-refractivity contribution in [1.82, 2.24) is 20.4 Å². The highest BCUT2D eigenvalue weighted by atomic mass is 16.5. The molecular formula is C23H22N4O3. The highest BCUT2D eigenvalue weighted by molar-refractivity contribution is 5.93. The van der Waals surface area contributed by atoms with Crippen LogP contribution in [-0.4, -0.2) is 27.6 Å². The van der Waals surface area contributed by atoms with Crippen molar-refractivity contribution in [3.8, 4) is 17.1 Å². The van der Waals surface area contributed by atoms with Gasteiger partial charge in [0, 0.05) is 5.56 Å². The average molecular weight is 402 g/mol. The van der Waals surface area contributed by atoms with Gasteiger partial charge in [-0.25, -0.2) is 4.98 Å². The summed E-state index contributed by atoms with van der Waals surface area (Å²) in [5.74, 6) is 0.0132. The molecule has 0 unspecified atom stereocenters. The van der Waals surface area contributed by atoms with E-state index in [0.29, 0.717) is 16.8 Å². The SMILES string of the molecule is Cc1ccc(-c2noc3ncnc(OCC(=O)N[C@H](C)c4ccccc4)c23)cc1C. The summed E-state index contributed by atoms with van der Waals surface area (Å²) in [6, 6.07) is 15.6. The molecule has 0 spiro atoms. The van der Waals surface area contributed by atoms with Crippen LogP contribution in [0.1, 0.15) is 29.7 Å². The summed E-state index contributed by atoms with van der Waals surface area (Å²) >= 11 is 0. The van der Waals surface area contributed by atoms with Crippen LogP contribution in [0, 0.1) is 13.8 Å². The van der Waals surface area contributed by atoms with Gasteiger partial charge in [0.15, 0.2) is 6.61 Å². The molecule has 0 bridgehead atoms. The van der Waals surface area contributed by atoms with Crippen LogP contribution in [0.2, 0.25) is 0 Å². The Labute approximate surface area is 174 Å². The lowest BCUT2D eigenvalue weighted by Gasteiger charge is -2.14. The lowest BCUT2D eigenvalue weighted by molar-refractivity contribution is -0.123. The number of nitrogens with one attached hydrogen (secondary N) is 1. The van der Waals surface area contributed by atoms with E-state index in [1.807, 2.05) is 69.3 Å². The summed E-state index contributed by atoms with van der Waals surface area (Å²) < 4.78 is 11.1. The summed E-state index contributed by atoms with van der Waals surface area (Å²) in [4.78, 5) is 20.7. The monoisotopic (exact) mass is 402 g/mol. The molecule has 1 atom stereocenters. The number of benzene rings is 2. The lowest BCUT2D eigenvalue weighted by Crippen LogP contribution is -2.31. The molecule has 0 aliphatic rings. The molecule has 0 saturated carbocycles. The molecular weight excluding hydrogens is 380 g/mol. The molecule has 7 nitrogen and oxygen atoms in total. The van der Waals surface area contributed by atoms with Gasteiger partial charge in [-0.2, -0.15) is 4.98 Å². The van der Waals surface area contributed by atoms with Crippen molar-refractivity contribution in [2.45, 2.75) is 26.8 Å². The molecule has 2 aromatic carbocycles. The first-order chi connectivity index (χ1) is 14.5. The molecule has 0 saturated heterocycles. The molecule has 1 amide bonds. The lowest BCUT2D eigenvalue weighted by atomic mass is 10.0. The molecule has 7 heteroatoms. The molecule has 0 aliphatic carbocycles. The highest BCUT2D eigenvalue weighted by Gasteiger charge is 2.19. The van der Waals surface area contributed by atoms with Gasteiger partial charge in [0.1, 0.15) is 17.4 Å². The van der Waals surface area contributed by atoms with E-state index in [0.717, 1.165) is 16.7 Å². The van der Waals surface area contributed by atoms with Gasteiger partial charge in [0.05, 0.1) is 6.04 Å². The van der Waals surface area contributed by atoms with Crippen LogP contribution in [0.25, 0.3) is 22.4 Å². The Kier molecular flexibility index (Phi) is 5.43. The molecule has 4 rings (SSSR count). The second kappa shape index (κ2) is 8.32. The standard InChI is InChI=1S/C23H22N4O3/c1-14-9-10-18(11-15(14)2)21-20-22(24-13-25-23(20)30-27-21)29-12-19(28)26-16(3)17-7-5-4-6-8-17/h4-11,13,16H,12H2,1-3H3,(H,26,28)/t16-/m1/s1. The van der Waals surface area contributed by atoms with Crippen LogP contribution >= 0.6 is 0 Å². The molecule has 0 aliphatic heterocycles. The molecule has 0 radical (unpaired) electrons. The molecule has 30 heavy (non-hydrogen) atoms. The average Bonchev–Trinajstić information content (AvgIpc) is 3.19. The van der Waals surface area contributed by atoms with E-state index in [4.69, 9.17) is 9.26 Å². The fourth-order valence-electron chi connectivity index (χ4n) is 3.20. The normalized spacial score (nSPS) is 12.0. The number of aryl methyl sites for hydroxylation is 2. The van der Waals surface area contributed by atoms with E-state index in [-0.39, 0.29) is 24.4 Å². The maximum Gasteiger partial charge on any atom is 0.265 e. The minimum absolute atomic E-state index is 0.130. The number of rotatable bonds is 6. The van der Waals surface area contributed by atoms with Crippen molar-refractivity contribution in [2.75, 3.05) is 6.61 Å². The predicted molar refractivity (Wildman–Crippen MR) is 113 cm³/mol. The van der Waals surface area contributed by atoms with Crippen molar-refractivity contribution in [2.24, 2.45) is 0 Å². The second-order valence-corrected chi connectivity index (χ2v) is 7.18. The fourth-order valence-corrected chi connectivity index (χ4v) is 3.20. The number of ether oxygens (including phenoxy) is 1. The van der Waals surface area contributed by atoms with E-state index in [1.54, 1.807) is 0 Å². The third kappa shape index (κ3) is 4.00. The zero-order valence-corrected chi connectivity index (χ0v) is 17.0. The summed E-state index contributed by atoms with van der Waals surface area (Å²) in [6.45, 7) is 5.83. The van der Waals surface area contributed by atoms with Crippen LogP contribution in [0.15, 0.2) is 59.4 Å². The van der Waals surface area contributed by atoms with Crippen LogP contribution in [0.3, 0.4) is 0 Å². The molecule has 0 fully saturated rings. The van der Waals surface area contributed by atoms with Crippen molar-refractivity contribution in [3.05, 3.63) is 71.5 Å². The minimum atomic E-state index is -0.248. The quantitative estimate of drug-likeness (QED) is 0.521. The van der Waals surface area contributed by atoms with Gasteiger partial charge in [-0.3, -0.25) is 4.79 Å². The third-order valence-electron chi connectivity index (χ3n) is 5.04. The fraction of sp³-hybridized carbons (Fsp3) is 0.217. The van der Waals surface area contributed by atoms with Crippen LogP contribution in [0.4, 0.5) is 0 Å². The van der Waals surface area contributed by atoms with E-state index in [1.165, 1.54) is 11.9 Å². The Bertz CT molecular complexity index is 1190. The molecule has 2 heterocycles. The van der Waals surface area contributed by atoms with E-state index in [2.05, 4.69) is 20.4 Å². The Balaban J connectivity index is 1.54. The topological polar surface area (TPSA) is 90.1 Å². The van der Waals surface area contributed by atoms with E-state index < -0.39 is 0 Å². The van der Waals surface area contributed by atoms with Crippen molar-refractivity contribution < 1.29 is 14.1 Å². The maximum absolute atomic E-state index is 12.4. The number of aromatic nitrogens is 3. The Hall–Kier alpha value is -3.74. The Morgan fingerprint density at radius 2 is 1.90 bits per heavy atom. The number of hydrogen-bond donors (Lipinski definition) is 1. The van der Waals surface area contributed by atoms with E-state index >= 15 is 0 Å². The maximum atomic E-state index is 12.4. The summed E-state index contributed by atoms with van der Waals surface area (Å²) in [5, 5.41) is 7.62. The van der Waals surface area contributed by atoms with Gasteiger partial charge in [-0.1, -0.05) is 47.6 Å².